The Morgan fingerprint density at radius 2 is 1.83 bits per heavy atom. The molecule has 0 radical (unpaired) electrons. The molecule has 0 aliphatic carbocycles. The zero-order valence-electron chi connectivity index (χ0n) is 10.2. The third kappa shape index (κ3) is 3.10. The Hall–Kier alpha value is -0.910. The molecular weight excluding hydrogens is 296 g/mol. The predicted octanol–water partition coefficient (Wildman–Crippen LogP) is 0.924. The fourth-order valence-electron chi connectivity index (χ4n) is 2.16. The van der Waals surface area contributed by atoms with Gasteiger partial charge >= 0.3 is 0 Å². The molecule has 1 heterocycles. The van der Waals surface area contributed by atoms with Crippen LogP contribution in [0.3, 0.4) is 0 Å². The lowest BCUT2D eigenvalue weighted by molar-refractivity contribution is 0.188. The highest BCUT2D eigenvalue weighted by Crippen LogP contribution is 2.13. The third-order valence-electron chi connectivity index (χ3n) is 3.19. The molecule has 1 aromatic rings. The molecule has 1 fully saturated rings. The molecular formula is C13H17BrN2O2. The van der Waals surface area contributed by atoms with E-state index in [1.165, 1.54) is 0 Å². The highest BCUT2D eigenvalue weighted by Gasteiger charge is 2.18. The summed E-state index contributed by atoms with van der Waals surface area (Å²) in [6.45, 7) is 4.33. The van der Waals surface area contributed by atoms with Gasteiger partial charge in [-0.1, -0.05) is 12.1 Å². The van der Waals surface area contributed by atoms with Crippen molar-refractivity contribution >= 4 is 21.6 Å². The van der Waals surface area contributed by atoms with Gasteiger partial charge < -0.3 is 10.0 Å². The van der Waals surface area contributed by atoms with Crippen LogP contribution in [0.2, 0.25) is 0 Å². The monoisotopic (exact) mass is 312 g/mol. The van der Waals surface area contributed by atoms with Crippen molar-refractivity contribution in [1.29, 1.82) is 0 Å². The first-order valence-corrected chi connectivity index (χ1v) is 6.88. The lowest BCUT2D eigenvalue weighted by Gasteiger charge is -2.35. The van der Waals surface area contributed by atoms with Gasteiger partial charge in [0.25, 0.3) is 0 Å². The molecule has 2 rings (SSSR count). The molecule has 1 saturated heterocycles. The van der Waals surface area contributed by atoms with Gasteiger partial charge in [-0.05, 0) is 28.1 Å². The van der Waals surface area contributed by atoms with Crippen LogP contribution in [-0.2, 0) is 0 Å². The lowest BCUT2D eigenvalue weighted by atomic mass is 10.2. The summed E-state index contributed by atoms with van der Waals surface area (Å²) in [5, 5.41) is 8.90. The normalized spacial score (nSPS) is 16.9. The number of hydrogen-bond acceptors (Lipinski definition) is 4. The number of β-amino-alcohol motifs (C(OH)–C–C–N with tert-alkyl or cyclic N) is 1. The average Bonchev–Trinajstić information content (AvgIpc) is 2.54. The summed E-state index contributed by atoms with van der Waals surface area (Å²) in [5.74, 6) is 0. The zero-order chi connectivity index (χ0) is 13.0. The zero-order valence-corrected chi connectivity index (χ0v) is 11.8. The van der Waals surface area contributed by atoms with Gasteiger partial charge in [0.15, 0.2) is 0 Å². The topological polar surface area (TPSA) is 43.8 Å². The van der Waals surface area contributed by atoms with Gasteiger partial charge in [-0.25, -0.2) is 0 Å². The molecule has 0 atom stereocenters. The summed E-state index contributed by atoms with van der Waals surface area (Å²) in [6.07, 6.45) is 0. The molecule has 0 unspecified atom stereocenters. The molecule has 0 aromatic heterocycles. The Bertz CT molecular complexity index is 459. The molecule has 5 heteroatoms. The van der Waals surface area contributed by atoms with E-state index in [1.807, 2.05) is 18.2 Å². The SMILES string of the molecule is O=c1c(Br)ccccc1N1CCN(CCO)CC1. The second-order valence-corrected chi connectivity index (χ2v) is 5.19. The van der Waals surface area contributed by atoms with E-state index in [-0.39, 0.29) is 12.0 Å². The Balaban J connectivity index is 2.13. The molecule has 0 amide bonds. The molecule has 18 heavy (non-hydrogen) atoms. The van der Waals surface area contributed by atoms with E-state index in [9.17, 15) is 4.79 Å². The summed E-state index contributed by atoms with van der Waals surface area (Å²) in [4.78, 5) is 16.5. The average molecular weight is 313 g/mol. The van der Waals surface area contributed by atoms with Gasteiger partial charge in [0.05, 0.1) is 16.8 Å². The van der Waals surface area contributed by atoms with Crippen LogP contribution >= 0.6 is 15.9 Å². The number of piperazine rings is 1. The first-order valence-electron chi connectivity index (χ1n) is 6.09. The second-order valence-electron chi connectivity index (χ2n) is 4.33. The fraction of sp³-hybridized carbons (Fsp3) is 0.462. The molecule has 1 aliphatic rings. The van der Waals surface area contributed by atoms with Crippen molar-refractivity contribution in [1.82, 2.24) is 4.90 Å². The van der Waals surface area contributed by atoms with E-state index in [0.29, 0.717) is 11.0 Å². The molecule has 1 N–H and O–H groups in total. The molecule has 98 valence electrons. The minimum Gasteiger partial charge on any atom is -0.395 e. The van der Waals surface area contributed by atoms with Crippen LogP contribution in [0, 0.1) is 0 Å². The molecule has 0 saturated carbocycles. The van der Waals surface area contributed by atoms with Crippen LogP contribution in [0.15, 0.2) is 33.5 Å². The van der Waals surface area contributed by atoms with Crippen LogP contribution in [-0.4, -0.2) is 49.3 Å². The van der Waals surface area contributed by atoms with Gasteiger partial charge in [0, 0.05) is 32.7 Å². The Kier molecular flexibility index (Phi) is 4.74. The van der Waals surface area contributed by atoms with Gasteiger partial charge in [-0.2, -0.15) is 0 Å². The van der Waals surface area contributed by atoms with Crippen molar-refractivity contribution < 1.29 is 5.11 Å². The summed E-state index contributed by atoms with van der Waals surface area (Å²) in [5.41, 5.74) is 0.783. The van der Waals surface area contributed by atoms with Crippen molar-refractivity contribution in [2.45, 2.75) is 0 Å². The summed E-state index contributed by atoms with van der Waals surface area (Å²) in [7, 11) is 0. The quantitative estimate of drug-likeness (QED) is 0.901. The lowest BCUT2D eigenvalue weighted by Crippen LogP contribution is -2.48. The van der Waals surface area contributed by atoms with E-state index in [4.69, 9.17) is 5.11 Å². The number of aliphatic hydroxyl groups excluding tert-OH is 1. The van der Waals surface area contributed by atoms with Crippen LogP contribution in [0.25, 0.3) is 0 Å². The fourth-order valence-corrected chi connectivity index (χ4v) is 2.52. The molecule has 0 bridgehead atoms. The van der Waals surface area contributed by atoms with E-state index in [1.54, 1.807) is 6.07 Å². The summed E-state index contributed by atoms with van der Waals surface area (Å²) in [6, 6.07) is 7.39. The van der Waals surface area contributed by atoms with E-state index >= 15 is 0 Å². The Morgan fingerprint density at radius 1 is 1.17 bits per heavy atom. The number of halogens is 1. The van der Waals surface area contributed by atoms with Crippen molar-refractivity contribution in [3.05, 3.63) is 39.0 Å². The van der Waals surface area contributed by atoms with Crippen LogP contribution in [0.4, 0.5) is 5.69 Å². The minimum atomic E-state index is 0.0376. The molecule has 1 aliphatic heterocycles. The molecule has 1 aromatic carbocycles. The Morgan fingerprint density at radius 3 is 2.50 bits per heavy atom. The largest absolute Gasteiger partial charge is 0.395 e. The van der Waals surface area contributed by atoms with Gasteiger partial charge in [0.1, 0.15) is 0 Å². The van der Waals surface area contributed by atoms with E-state index in [2.05, 4.69) is 25.7 Å². The molecule has 0 spiro atoms. The standard InChI is InChI=1S/C13H17BrN2O2/c14-11-3-1-2-4-12(13(11)18)16-7-5-15(6-8-16)9-10-17/h1-4,17H,5-10H2. The van der Waals surface area contributed by atoms with E-state index in [0.717, 1.165) is 31.9 Å². The van der Waals surface area contributed by atoms with Crippen LogP contribution < -0.4 is 10.3 Å². The summed E-state index contributed by atoms with van der Waals surface area (Å²) < 4.78 is 0.597. The van der Waals surface area contributed by atoms with Crippen molar-refractivity contribution in [3.63, 3.8) is 0 Å². The maximum absolute atomic E-state index is 12.1. The van der Waals surface area contributed by atoms with Crippen molar-refractivity contribution in [2.75, 3.05) is 44.2 Å². The Labute approximate surface area is 115 Å². The number of hydrogen-bond donors (Lipinski definition) is 1. The van der Waals surface area contributed by atoms with Crippen molar-refractivity contribution in [3.8, 4) is 0 Å². The summed E-state index contributed by atoms with van der Waals surface area (Å²) >= 11 is 3.30. The van der Waals surface area contributed by atoms with Gasteiger partial charge in [-0.3, -0.25) is 9.69 Å². The minimum absolute atomic E-state index is 0.0376. The second kappa shape index (κ2) is 6.31. The maximum Gasteiger partial charge on any atom is 0.215 e. The van der Waals surface area contributed by atoms with Gasteiger partial charge in [0.2, 0.25) is 5.43 Å². The van der Waals surface area contributed by atoms with E-state index < -0.39 is 0 Å². The first kappa shape index (κ1) is 13.5. The van der Waals surface area contributed by atoms with Gasteiger partial charge in [-0.15, -0.1) is 0 Å². The number of anilines is 1. The number of rotatable bonds is 3. The smallest absolute Gasteiger partial charge is 0.215 e. The first-order chi connectivity index (χ1) is 8.72. The van der Waals surface area contributed by atoms with Crippen LogP contribution in [0.1, 0.15) is 0 Å². The highest BCUT2D eigenvalue weighted by molar-refractivity contribution is 9.10. The highest BCUT2D eigenvalue weighted by atomic mass is 79.9. The predicted molar refractivity (Wildman–Crippen MR) is 76.2 cm³/mol. The molecule has 4 nitrogen and oxygen atoms in total. The maximum atomic E-state index is 12.1. The van der Waals surface area contributed by atoms with Crippen LogP contribution in [0.5, 0.6) is 0 Å². The number of aliphatic hydroxyl groups is 1. The third-order valence-corrected chi connectivity index (χ3v) is 3.81. The van der Waals surface area contributed by atoms with Crippen molar-refractivity contribution in [2.24, 2.45) is 0 Å². The number of nitrogens with zero attached hydrogens (tertiary/aromatic N) is 2.